The van der Waals surface area contributed by atoms with Gasteiger partial charge < -0.3 is 14.6 Å². The fraction of sp³-hybridized carbons (Fsp3) is 0.440. The zero-order chi connectivity index (χ0) is 27.6. The summed E-state index contributed by atoms with van der Waals surface area (Å²) < 4.78 is 46.4. The van der Waals surface area contributed by atoms with Crippen LogP contribution in [0, 0.1) is 11.7 Å². The van der Waals surface area contributed by atoms with Gasteiger partial charge in [0.25, 0.3) is 5.91 Å². The lowest BCUT2D eigenvalue weighted by molar-refractivity contribution is -0.115. The number of thiazole rings is 1. The molecular weight excluding hydrogens is 553 g/mol. The number of carbonyl (C=O) groups is 3. The van der Waals surface area contributed by atoms with Crippen molar-refractivity contribution in [1.82, 2.24) is 4.57 Å². The van der Waals surface area contributed by atoms with E-state index in [-0.39, 0.29) is 22.0 Å². The molecule has 4 rings (SSSR count). The molecule has 38 heavy (non-hydrogen) atoms. The monoisotopic (exact) mass is 581 g/mol. The fourth-order valence-corrected chi connectivity index (χ4v) is 8.00. The first-order chi connectivity index (χ1) is 18.0. The highest BCUT2D eigenvalue weighted by Crippen LogP contribution is 2.40. The number of rotatable bonds is 8. The maximum atomic E-state index is 13.6. The zero-order valence-corrected chi connectivity index (χ0v) is 23.7. The van der Waals surface area contributed by atoms with Crippen molar-refractivity contribution < 1.29 is 31.9 Å². The standard InChI is InChI=1S/C25H28FN3O6S3/c1-4-29-17-9-7-15(26)11-19(17)37-25(29)28-21(31)13-38(33,34)12-20(30)27-23-22(24(32)35-5-2)16-8-6-14(3)10-18(16)36-23/h7,9,11,14H,4-6,8,10,12-13H2,1-3H3,(H,27,30). The number of esters is 1. The number of carbonyl (C=O) groups excluding carboxylic acids is 3. The number of ether oxygens (including phenoxy) is 1. The Kier molecular flexibility index (Phi) is 8.48. The number of aromatic nitrogens is 1. The maximum absolute atomic E-state index is 13.6. The Balaban J connectivity index is 1.50. The molecule has 0 radical (unpaired) electrons. The summed E-state index contributed by atoms with van der Waals surface area (Å²) in [6.07, 6.45) is 2.34. The lowest BCUT2D eigenvalue weighted by Gasteiger charge is -2.18. The molecule has 9 nitrogen and oxygen atoms in total. The number of aryl methyl sites for hydroxylation is 1. The van der Waals surface area contributed by atoms with E-state index in [0.29, 0.717) is 29.1 Å². The second-order valence-electron chi connectivity index (χ2n) is 9.10. The third kappa shape index (κ3) is 6.21. The van der Waals surface area contributed by atoms with Gasteiger partial charge in [0.2, 0.25) is 5.91 Å². The Morgan fingerprint density at radius 3 is 2.68 bits per heavy atom. The molecule has 2 heterocycles. The van der Waals surface area contributed by atoms with Crippen LogP contribution in [0.25, 0.3) is 10.2 Å². The molecule has 1 atom stereocenters. The van der Waals surface area contributed by atoms with E-state index in [9.17, 15) is 27.2 Å². The van der Waals surface area contributed by atoms with Gasteiger partial charge in [0, 0.05) is 11.4 Å². The summed E-state index contributed by atoms with van der Waals surface area (Å²) in [7, 11) is -4.16. The van der Waals surface area contributed by atoms with Crippen LogP contribution < -0.4 is 10.1 Å². The summed E-state index contributed by atoms with van der Waals surface area (Å²) >= 11 is 2.33. The van der Waals surface area contributed by atoms with Crippen molar-refractivity contribution in [3.63, 3.8) is 0 Å². The third-order valence-corrected chi connectivity index (χ3v) is 9.72. The summed E-state index contributed by atoms with van der Waals surface area (Å²) in [4.78, 5) is 43.0. The van der Waals surface area contributed by atoms with Gasteiger partial charge in [-0.3, -0.25) is 9.59 Å². The van der Waals surface area contributed by atoms with E-state index in [1.165, 1.54) is 23.5 Å². The van der Waals surface area contributed by atoms with Gasteiger partial charge in [-0.25, -0.2) is 17.6 Å². The van der Waals surface area contributed by atoms with Crippen LogP contribution in [0.15, 0.2) is 23.2 Å². The SMILES string of the molecule is CCOC(=O)c1c(NC(=O)CS(=O)(=O)CC(=O)N=c2sc3cc(F)ccc3n2CC)sc2c1CCC(C)C2. The van der Waals surface area contributed by atoms with E-state index in [4.69, 9.17) is 4.74 Å². The summed E-state index contributed by atoms with van der Waals surface area (Å²) in [5, 5.41) is 2.83. The van der Waals surface area contributed by atoms with Gasteiger partial charge in [0.05, 0.1) is 22.4 Å². The highest BCUT2D eigenvalue weighted by Gasteiger charge is 2.30. The van der Waals surface area contributed by atoms with E-state index in [1.54, 1.807) is 17.6 Å². The quantitative estimate of drug-likeness (QED) is 0.405. The predicted molar refractivity (Wildman–Crippen MR) is 145 cm³/mol. The lowest BCUT2D eigenvalue weighted by Crippen LogP contribution is -2.28. The van der Waals surface area contributed by atoms with Crippen LogP contribution in [0.1, 0.15) is 48.0 Å². The number of nitrogens with one attached hydrogen (secondary N) is 1. The average molecular weight is 582 g/mol. The normalized spacial score (nSPS) is 15.9. The van der Waals surface area contributed by atoms with Crippen LogP contribution in [0.3, 0.4) is 0 Å². The molecule has 2 aromatic heterocycles. The molecule has 0 fully saturated rings. The molecule has 1 aliphatic rings. The molecule has 2 amide bonds. The molecule has 0 aliphatic heterocycles. The van der Waals surface area contributed by atoms with Gasteiger partial charge in [-0.2, -0.15) is 4.99 Å². The van der Waals surface area contributed by atoms with Gasteiger partial charge in [-0.1, -0.05) is 18.3 Å². The number of fused-ring (bicyclic) bond motifs is 2. The van der Waals surface area contributed by atoms with E-state index in [0.717, 1.165) is 34.6 Å². The van der Waals surface area contributed by atoms with E-state index >= 15 is 0 Å². The minimum atomic E-state index is -4.16. The molecule has 13 heteroatoms. The topological polar surface area (TPSA) is 124 Å². The number of thiophene rings is 1. The van der Waals surface area contributed by atoms with Crippen LogP contribution in [-0.2, 0) is 43.5 Å². The third-order valence-electron chi connectivity index (χ3n) is 6.12. The predicted octanol–water partition coefficient (Wildman–Crippen LogP) is 3.71. The number of sulfone groups is 1. The van der Waals surface area contributed by atoms with Crippen molar-refractivity contribution in [2.24, 2.45) is 10.9 Å². The molecule has 0 spiro atoms. The van der Waals surface area contributed by atoms with Crippen molar-refractivity contribution in [3.8, 4) is 0 Å². The summed E-state index contributed by atoms with van der Waals surface area (Å²) in [5.74, 6) is -4.24. The molecule has 3 aromatic rings. The second-order valence-corrected chi connectivity index (χ2v) is 13.3. The van der Waals surface area contributed by atoms with E-state index in [2.05, 4.69) is 17.2 Å². The van der Waals surface area contributed by atoms with E-state index < -0.39 is 44.9 Å². The van der Waals surface area contributed by atoms with Crippen molar-refractivity contribution in [2.45, 2.75) is 46.6 Å². The van der Waals surface area contributed by atoms with Crippen molar-refractivity contribution in [3.05, 3.63) is 44.8 Å². The highest BCUT2D eigenvalue weighted by molar-refractivity contribution is 7.92. The molecule has 1 aromatic carbocycles. The first-order valence-corrected chi connectivity index (χ1v) is 15.6. The molecule has 1 aliphatic carbocycles. The van der Waals surface area contributed by atoms with Crippen molar-refractivity contribution in [1.29, 1.82) is 0 Å². The maximum Gasteiger partial charge on any atom is 0.341 e. The minimum Gasteiger partial charge on any atom is -0.462 e. The largest absolute Gasteiger partial charge is 0.462 e. The lowest BCUT2D eigenvalue weighted by atomic mass is 9.88. The number of hydrogen-bond acceptors (Lipinski definition) is 8. The smallest absolute Gasteiger partial charge is 0.341 e. The molecule has 204 valence electrons. The Morgan fingerprint density at radius 2 is 1.97 bits per heavy atom. The van der Waals surface area contributed by atoms with Crippen molar-refractivity contribution in [2.75, 3.05) is 23.4 Å². The second kappa shape index (κ2) is 11.5. The van der Waals surface area contributed by atoms with Crippen LogP contribution in [0.4, 0.5) is 9.39 Å². The molecule has 0 saturated heterocycles. The average Bonchev–Trinajstić information content (AvgIpc) is 3.33. The Labute approximate surface area is 227 Å². The Hall–Kier alpha value is -2.90. The summed E-state index contributed by atoms with van der Waals surface area (Å²) in [6, 6.07) is 4.20. The first-order valence-electron chi connectivity index (χ1n) is 12.2. The highest BCUT2D eigenvalue weighted by atomic mass is 32.2. The molecular formula is C25H28FN3O6S3. The molecule has 1 N–H and O–H groups in total. The number of nitrogens with zero attached hydrogens (tertiary/aromatic N) is 2. The van der Waals surface area contributed by atoms with E-state index in [1.807, 2.05) is 6.92 Å². The van der Waals surface area contributed by atoms with Gasteiger partial charge in [0.1, 0.15) is 22.3 Å². The molecule has 0 bridgehead atoms. The summed E-state index contributed by atoms with van der Waals surface area (Å²) in [5.41, 5.74) is 1.80. The Bertz CT molecular complexity index is 1590. The van der Waals surface area contributed by atoms with Gasteiger partial charge >= 0.3 is 5.97 Å². The number of hydrogen-bond donors (Lipinski definition) is 1. The number of anilines is 1. The van der Waals surface area contributed by atoms with Crippen LogP contribution in [0.2, 0.25) is 0 Å². The van der Waals surface area contributed by atoms with Crippen LogP contribution in [-0.4, -0.2) is 48.9 Å². The summed E-state index contributed by atoms with van der Waals surface area (Å²) in [6.45, 7) is 6.23. The van der Waals surface area contributed by atoms with Gasteiger partial charge in [-0.05, 0) is 62.8 Å². The van der Waals surface area contributed by atoms with Gasteiger partial charge in [-0.15, -0.1) is 11.3 Å². The number of halogens is 1. The molecule has 1 unspecified atom stereocenters. The number of amides is 2. The molecule has 0 saturated carbocycles. The Morgan fingerprint density at radius 1 is 1.21 bits per heavy atom. The van der Waals surface area contributed by atoms with Crippen LogP contribution >= 0.6 is 22.7 Å². The first kappa shape index (κ1) is 28.1. The van der Waals surface area contributed by atoms with Crippen molar-refractivity contribution >= 4 is 65.5 Å². The zero-order valence-electron chi connectivity index (χ0n) is 21.2. The minimum absolute atomic E-state index is 0.167. The van der Waals surface area contributed by atoms with Crippen LogP contribution in [0.5, 0.6) is 0 Å². The van der Waals surface area contributed by atoms with Gasteiger partial charge in [0.15, 0.2) is 14.6 Å². The number of benzene rings is 1. The fourth-order valence-electron chi connectivity index (χ4n) is 4.44.